The molecule has 0 bridgehead atoms. The maximum Gasteiger partial charge on any atom is 0.292 e. The van der Waals surface area contributed by atoms with Crippen LogP contribution in [0.5, 0.6) is 0 Å². The van der Waals surface area contributed by atoms with Gasteiger partial charge in [-0.25, -0.2) is 5.43 Å². The molecule has 2 amide bonds. The number of hydrogen-bond donors (Lipinski definition) is 2. The second-order valence-electron chi connectivity index (χ2n) is 8.32. The number of aryl methyl sites for hydroxylation is 1. The zero-order chi connectivity index (χ0) is 20.5. The van der Waals surface area contributed by atoms with E-state index < -0.39 is 0 Å². The molecule has 8 nitrogen and oxygen atoms in total. The maximum absolute atomic E-state index is 13.1. The molecule has 2 unspecified atom stereocenters. The number of benzene rings is 1. The third-order valence-corrected chi connectivity index (χ3v) is 6.53. The van der Waals surface area contributed by atoms with Crippen molar-refractivity contribution in [3.63, 3.8) is 0 Å². The number of nitrogens with one attached hydrogen (secondary N) is 2. The van der Waals surface area contributed by atoms with Gasteiger partial charge in [-0.1, -0.05) is 35.5 Å². The Kier molecular flexibility index (Phi) is 5.26. The van der Waals surface area contributed by atoms with E-state index in [1.54, 1.807) is 0 Å². The van der Waals surface area contributed by atoms with E-state index in [0.717, 1.165) is 55.6 Å². The molecule has 1 aromatic heterocycles. The van der Waals surface area contributed by atoms with E-state index in [4.69, 9.17) is 4.52 Å². The van der Waals surface area contributed by atoms with Crippen LogP contribution >= 0.6 is 0 Å². The minimum absolute atomic E-state index is 0.000949. The van der Waals surface area contributed by atoms with Crippen molar-refractivity contribution >= 4 is 11.8 Å². The smallest absolute Gasteiger partial charge is 0.292 e. The number of hydrazine groups is 1. The van der Waals surface area contributed by atoms with Gasteiger partial charge in [-0.05, 0) is 31.2 Å². The number of carbonyl (C=O) groups excluding carboxylic acids is 2. The minimum Gasteiger partial charge on any atom is -0.350 e. The van der Waals surface area contributed by atoms with Gasteiger partial charge in [0.25, 0.3) is 5.91 Å². The van der Waals surface area contributed by atoms with E-state index in [1.807, 2.05) is 23.1 Å². The summed E-state index contributed by atoms with van der Waals surface area (Å²) in [6.45, 7) is 2.69. The number of aromatic nitrogens is 1. The van der Waals surface area contributed by atoms with Crippen molar-refractivity contribution < 1.29 is 14.1 Å². The molecule has 8 heteroatoms. The van der Waals surface area contributed by atoms with Crippen molar-refractivity contribution in [3.8, 4) is 0 Å². The molecule has 0 saturated carbocycles. The summed E-state index contributed by atoms with van der Waals surface area (Å²) in [7, 11) is 0. The Bertz CT molecular complexity index is 920. The molecule has 2 aliphatic heterocycles. The molecule has 2 fully saturated rings. The van der Waals surface area contributed by atoms with Gasteiger partial charge in [-0.2, -0.15) is 0 Å². The van der Waals surface area contributed by atoms with Crippen molar-refractivity contribution in [3.05, 3.63) is 52.9 Å². The van der Waals surface area contributed by atoms with Crippen LogP contribution in [-0.4, -0.2) is 59.0 Å². The maximum atomic E-state index is 13.1. The first-order valence-corrected chi connectivity index (χ1v) is 10.8. The fraction of sp³-hybridized carbons (Fsp3) is 0.500. The molecule has 2 atom stereocenters. The van der Waals surface area contributed by atoms with E-state index in [-0.39, 0.29) is 23.9 Å². The largest absolute Gasteiger partial charge is 0.350 e. The Hall–Kier alpha value is -2.71. The summed E-state index contributed by atoms with van der Waals surface area (Å²) in [6, 6.07) is 10.2. The fourth-order valence-electron chi connectivity index (χ4n) is 4.88. The highest BCUT2D eigenvalue weighted by molar-refractivity contribution is 5.93. The molecule has 0 radical (unpaired) electrons. The molecule has 0 spiro atoms. The number of carbonyl (C=O) groups is 2. The van der Waals surface area contributed by atoms with Gasteiger partial charge in [0.05, 0.1) is 11.7 Å². The van der Waals surface area contributed by atoms with Gasteiger partial charge in [-0.15, -0.1) is 0 Å². The normalized spacial score (nSPS) is 24.9. The van der Waals surface area contributed by atoms with Gasteiger partial charge in [0.2, 0.25) is 11.7 Å². The molecule has 2 saturated heterocycles. The van der Waals surface area contributed by atoms with Crippen molar-refractivity contribution in [1.29, 1.82) is 0 Å². The molecule has 2 N–H and O–H groups in total. The highest BCUT2D eigenvalue weighted by Gasteiger charge is 2.37. The van der Waals surface area contributed by atoms with Crippen LogP contribution in [0.25, 0.3) is 0 Å². The monoisotopic (exact) mass is 409 g/mol. The second kappa shape index (κ2) is 8.20. The minimum atomic E-state index is -0.0515. The topological polar surface area (TPSA) is 90.7 Å². The highest BCUT2D eigenvalue weighted by Crippen LogP contribution is 2.28. The summed E-state index contributed by atoms with van der Waals surface area (Å²) in [4.78, 5) is 29.3. The summed E-state index contributed by atoms with van der Waals surface area (Å²) in [5, 5.41) is 4.13. The van der Waals surface area contributed by atoms with E-state index in [9.17, 15) is 9.59 Å². The molecule has 1 aromatic carbocycles. The van der Waals surface area contributed by atoms with Crippen molar-refractivity contribution in [1.82, 2.24) is 25.8 Å². The van der Waals surface area contributed by atoms with Crippen LogP contribution in [0.15, 0.2) is 34.9 Å². The summed E-state index contributed by atoms with van der Waals surface area (Å²) in [5.41, 5.74) is 9.06. The third-order valence-electron chi connectivity index (χ3n) is 6.53. The summed E-state index contributed by atoms with van der Waals surface area (Å²) in [5.74, 6) is 0.377. The zero-order valence-electron chi connectivity index (χ0n) is 17.0. The highest BCUT2D eigenvalue weighted by atomic mass is 16.5. The van der Waals surface area contributed by atoms with Crippen LogP contribution < -0.4 is 10.9 Å². The van der Waals surface area contributed by atoms with Crippen LogP contribution in [0.3, 0.4) is 0 Å². The van der Waals surface area contributed by atoms with Gasteiger partial charge in [0.15, 0.2) is 0 Å². The van der Waals surface area contributed by atoms with Gasteiger partial charge >= 0.3 is 0 Å². The van der Waals surface area contributed by atoms with Crippen molar-refractivity contribution in [2.24, 2.45) is 0 Å². The summed E-state index contributed by atoms with van der Waals surface area (Å²) < 4.78 is 5.45. The fourth-order valence-corrected chi connectivity index (χ4v) is 4.88. The van der Waals surface area contributed by atoms with E-state index >= 15 is 0 Å². The van der Waals surface area contributed by atoms with Crippen molar-refractivity contribution in [2.45, 2.75) is 44.2 Å². The quantitative estimate of drug-likeness (QED) is 0.797. The lowest BCUT2D eigenvalue weighted by Gasteiger charge is -2.44. The standard InChI is InChI=1S/C22H27N5O3/c28-19-14-18(20(24-23-19)15-6-2-1-3-7-15)26-10-12-27(13-11-26)22(29)21-16-8-4-5-9-17(16)25-30-21/h1-3,6-7,18,20,24H,4-5,8-14H2,(H,23,28). The van der Waals surface area contributed by atoms with Crippen LogP contribution in [0.2, 0.25) is 0 Å². The van der Waals surface area contributed by atoms with E-state index in [2.05, 4.69) is 33.0 Å². The zero-order valence-corrected chi connectivity index (χ0v) is 17.0. The molecule has 3 aliphatic rings. The molecule has 158 valence electrons. The van der Waals surface area contributed by atoms with Crippen LogP contribution in [0.4, 0.5) is 0 Å². The predicted octanol–water partition coefficient (Wildman–Crippen LogP) is 1.45. The second-order valence-corrected chi connectivity index (χ2v) is 8.32. The lowest BCUT2D eigenvalue weighted by molar-refractivity contribution is -0.127. The molecule has 30 heavy (non-hydrogen) atoms. The van der Waals surface area contributed by atoms with Crippen LogP contribution in [-0.2, 0) is 17.6 Å². The molecular weight excluding hydrogens is 382 g/mol. The molecule has 3 heterocycles. The van der Waals surface area contributed by atoms with E-state index in [1.165, 1.54) is 0 Å². The Morgan fingerprint density at radius 3 is 2.63 bits per heavy atom. The first kappa shape index (κ1) is 19.3. The van der Waals surface area contributed by atoms with E-state index in [0.29, 0.717) is 25.3 Å². The third kappa shape index (κ3) is 3.61. The Morgan fingerprint density at radius 1 is 1.07 bits per heavy atom. The summed E-state index contributed by atoms with van der Waals surface area (Å²) in [6.07, 6.45) is 4.41. The van der Waals surface area contributed by atoms with Crippen LogP contribution in [0.1, 0.15) is 52.7 Å². The number of piperazine rings is 1. The van der Waals surface area contributed by atoms with Gasteiger partial charge in [-0.3, -0.25) is 19.9 Å². The Morgan fingerprint density at radius 2 is 1.83 bits per heavy atom. The Balaban J connectivity index is 1.27. The number of nitrogens with zero attached hydrogens (tertiary/aromatic N) is 3. The Labute approximate surface area is 175 Å². The lowest BCUT2D eigenvalue weighted by atomic mass is 9.93. The summed E-state index contributed by atoms with van der Waals surface area (Å²) >= 11 is 0. The predicted molar refractivity (Wildman–Crippen MR) is 109 cm³/mol. The van der Waals surface area contributed by atoms with Gasteiger partial charge in [0.1, 0.15) is 0 Å². The lowest BCUT2D eigenvalue weighted by Crippen LogP contribution is -2.60. The number of hydrogen-bond acceptors (Lipinski definition) is 6. The molecule has 5 rings (SSSR count). The van der Waals surface area contributed by atoms with Gasteiger partial charge in [0, 0.05) is 44.2 Å². The molecule has 2 aromatic rings. The average Bonchev–Trinajstić information content (AvgIpc) is 3.23. The van der Waals surface area contributed by atoms with Crippen molar-refractivity contribution in [2.75, 3.05) is 26.2 Å². The number of amides is 2. The number of fused-ring (bicyclic) bond motifs is 1. The SMILES string of the molecule is O=C1CC(N2CCN(C(=O)c3onc4c3CCCC4)CC2)C(c2ccccc2)NN1. The average molecular weight is 409 g/mol. The molecule has 1 aliphatic carbocycles. The van der Waals surface area contributed by atoms with Crippen LogP contribution in [0, 0.1) is 0 Å². The first-order chi connectivity index (χ1) is 14.7. The number of rotatable bonds is 3. The first-order valence-electron chi connectivity index (χ1n) is 10.8. The van der Waals surface area contributed by atoms with Gasteiger partial charge < -0.3 is 9.42 Å². The molecular formula is C22H27N5O3.